The van der Waals surface area contributed by atoms with E-state index in [9.17, 15) is 14.9 Å². The molecule has 1 N–H and O–H groups in total. The van der Waals surface area contributed by atoms with Crippen molar-refractivity contribution in [3.63, 3.8) is 0 Å². The minimum Gasteiger partial charge on any atom is -0.306 e. The molecule has 0 radical (unpaired) electrons. The van der Waals surface area contributed by atoms with Crippen LogP contribution in [0.4, 0.5) is 5.69 Å². The zero-order valence-electron chi connectivity index (χ0n) is 19.3. The van der Waals surface area contributed by atoms with Gasteiger partial charge in [0.25, 0.3) is 5.69 Å². The number of carbonyl (C=O) groups excluding carboxylic acids is 1. The van der Waals surface area contributed by atoms with Crippen molar-refractivity contribution in [1.82, 2.24) is 9.13 Å². The maximum Gasteiger partial charge on any atom is 0.269 e. The summed E-state index contributed by atoms with van der Waals surface area (Å²) in [6.07, 6.45) is 0. The number of aromatic nitrogens is 2. The summed E-state index contributed by atoms with van der Waals surface area (Å²) in [4.78, 5) is 23.3. The summed E-state index contributed by atoms with van der Waals surface area (Å²) in [6.45, 7) is 7.02. The van der Waals surface area contributed by atoms with Crippen molar-refractivity contribution in [2.45, 2.75) is 39.3 Å². The zero-order valence-corrected chi connectivity index (χ0v) is 21.0. The van der Waals surface area contributed by atoms with E-state index in [1.54, 1.807) is 4.57 Å². The van der Waals surface area contributed by atoms with E-state index < -0.39 is 4.92 Å². The molecule has 3 aromatic carbocycles. The first kappa shape index (κ1) is 25.1. The molecule has 0 saturated heterocycles. The number of imidazole rings is 1. The molecule has 0 bridgehead atoms. The number of hydrogen-bond acceptors (Lipinski definition) is 4. The SMILES string of the molecule is Br.CC(C)(C)c1ccc(Cn2c(=N)n(CC(=O)c3ccc([N+](=O)[O-])cc3)c3ccccc32)cc1. The second-order valence-electron chi connectivity index (χ2n) is 9.16. The Bertz CT molecular complexity index is 1400. The summed E-state index contributed by atoms with van der Waals surface area (Å²) in [5, 5.41) is 19.7. The minimum absolute atomic E-state index is 0. The summed E-state index contributed by atoms with van der Waals surface area (Å²) >= 11 is 0. The Morgan fingerprint density at radius 2 is 1.47 bits per heavy atom. The van der Waals surface area contributed by atoms with Crippen LogP contribution >= 0.6 is 17.0 Å². The quantitative estimate of drug-likeness (QED) is 0.201. The zero-order chi connectivity index (χ0) is 23.8. The number of hydrogen-bond donors (Lipinski definition) is 1. The van der Waals surface area contributed by atoms with Crippen molar-refractivity contribution in [1.29, 1.82) is 5.41 Å². The van der Waals surface area contributed by atoms with E-state index in [4.69, 9.17) is 5.41 Å². The monoisotopic (exact) mass is 522 g/mol. The van der Waals surface area contributed by atoms with Crippen LogP contribution < -0.4 is 5.62 Å². The number of para-hydroxylation sites is 2. The molecule has 34 heavy (non-hydrogen) atoms. The van der Waals surface area contributed by atoms with Gasteiger partial charge in [-0.05, 0) is 40.8 Å². The van der Waals surface area contributed by atoms with Crippen molar-refractivity contribution < 1.29 is 9.72 Å². The van der Waals surface area contributed by atoms with Crippen molar-refractivity contribution >= 4 is 39.5 Å². The van der Waals surface area contributed by atoms with Crippen molar-refractivity contribution in [3.05, 3.63) is 105 Å². The molecule has 176 valence electrons. The molecule has 0 spiro atoms. The number of halogens is 1. The van der Waals surface area contributed by atoms with Crippen LogP contribution in [0.3, 0.4) is 0 Å². The molecule has 7 nitrogen and oxygen atoms in total. The maximum absolute atomic E-state index is 12.9. The fraction of sp³-hybridized carbons (Fsp3) is 0.231. The Morgan fingerprint density at radius 3 is 2.00 bits per heavy atom. The molecule has 0 fully saturated rings. The Morgan fingerprint density at radius 1 is 0.912 bits per heavy atom. The Balaban J connectivity index is 0.00000324. The van der Waals surface area contributed by atoms with Gasteiger partial charge in [-0.2, -0.15) is 0 Å². The fourth-order valence-electron chi connectivity index (χ4n) is 3.91. The minimum atomic E-state index is -0.493. The normalized spacial score (nSPS) is 11.3. The van der Waals surface area contributed by atoms with Gasteiger partial charge >= 0.3 is 0 Å². The molecule has 0 aliphatic rings. The third-order valence-corrected chi connectivity index (χ3v) is 5.84. The topological polar surface area (TPSA) is 93.9 Å². The van der Waals surface area contributed by atoms with Gasteiger partial charge in [-0.3, -0.25) is 20.3 Å². The van der Waals surface area contributed by atoms with Crippen LogP contribution in [0.15, 0.2) is 72.8 Å². The van der Waals surface area contributed by atoms with E-state index in [1.165, 1.54) is 29.8 Å². The van der Waals surface area contributed by atoms with Gasteiger partial charge in [-0.25, -0.2) is 0 Å². The van der Waals surface area contributed by atoms with Gasteiger partial charge in [0.2, 0.25) is 5.62 Å². The lowest BCUT2D eigenvalue weighted by Crippen LogP contribution is -2.27. The van der Waals surface area contributed by atoms with Crippen molar-refractivity contribution in [2.24, 2.45) is 0 Å². The van der Waals surface area contributed by atoms with Gasteiger partial charge in [0.15, 0.2) is 5.78 Å². The lowest BCUT2D eigenvalue weighted by atomic mass is 9.87. The highest BCUT2D eigenvalue weighted by molar-refractivity contribution is 8.93. The predicted octanol–water partition coefficient (Wildman–Crippen LogP) is 5.64. The van der Waals surface area contributed by atoms with E-state index in [1.807, 2.05) is 28.8 Å². The van der Waals surface area contributed by atoms with Crippen molar-refractivity contribution in [3.8, 4) is 0 Å². The maximum atomic E-state index is 12.9. The van der Waals surface area contributed by atoms with E-state index in [0.29, 0.717) is 12.1 Å². The molecule has 4 rings (SSSR count). The van der Waals surface area contributed by atoms with E-state index in [0.717, 1.165) is 16.6 Å². The number of fused-ring (bicyclic) bond motifs is 1. The molecule has 0 saturated carbocycles. The number of nitro groups is 1. The summed E-state index contributed by atoms with van der Waals surface area (Å²) in [5.41, 5.74) is 4.61. The highest BCUT2D eigenvalue weighted by atomic mass is 79.9. The number of Topliss-reactive ketones (excluding diaryl/α,β-unsaturated/α-hetero) is 1. The lowest BCUT2D eigenvalue weighted by Gasteiger charge is -2.19. The molecule has 8 heteroatoms. The van der Waals surface area contributed by atoms with E-state index >= 15 is 0 Å². The third kappa shape index (κ3) is 5.02. The fourth-order valence-corrected chi connectivity index (χ4v) is 3.91. The van der Waals surface area contributed by atoms with Crippen LogP contribution in [0.1, 0.15) is 42.3 Å². The molecule has 1 aromatic heterocycles. The third-order valence-electron chi connectivity index (χ3n) is 5.84. The second kappa shape index (κ2) is 9.77. The molecule has 1 heterocycles. The predicted molar refractivity (Wildman–Crippen MR) is 138 cm³/mol. The molecule has 0 atom stereocenters. The molecule has 0 unspecified atom stereocenters. The largest absolute Gasteiger partial charge is 0.306 e. The Hall–Kier alpha value is -3.52. The number of nitrogens with zero attached hydrogens (tertiary/aromatic N) is 3. The lowest BCUT2D eigenvalue weighted by molar-refractivity contribution is -0.384. The number of carbonyl (C=O) groups is 1. The number of non-ortho nitro benzene ring substituents is 1. The van der Waals surface area contributed by atoms with Gasteiger partial charge in [0.1, 0.15) is 0 Å². The van der Waals surface area contributed by atoms with Crippen LogP contribution in [-0.2, 0) is 18.5 Å². The first-order valence-corrected chi connectivity index (χ1v) is 10.7. The van der Waals surface area contributed by atoms with Gasteiger partial charge < -0.3 is 9.13 Å². The summed E-state index contributed by atoms with van der Waals surface area (Å²) < 4.78 is 3.58. The van der Waals surface area contributed by atoms with Gasteiger partial charge in [0, 0.05) is 17.7 Å². The standard InChI is InChI=1S/C26H26N4O3.BrH/c1-26(2,3)20-12-8-18(9-13-20)16-28-22-6-4-5-7-23(22)29(25(28)27)17-24(31)19-10-14-21(15-11-19)30(32)33;/h4-15,27H,16-17H2,1-3H3;1H. The number of ketones is 1. The molecular formula is C26H27BrN4O3. The number of rotatable bonds is 6. The number of nitro benzene ring substituents is 1. The second-order valence-corrected chi connectivity index (χ2v) is 9.16. The van der Waals surface area contributed by atoms with Crippen LogP contribution in [0.5, 0.6) is 0 Å². The van der Waals surface area contributed by atoms with E-state index in [-0.39, 0.29) is 46.0 Å². The van der Waals surface area contributed by atoms with Gasteiger partial charge in [-0.15, -0.1) is 17.0 Å². The first-order chi connectivity index (χ1) is 15.6. The van der Waals surface area contributed by atoms with Crippen LogP contribution in [0.2, 0.25) is 0 Å². The molecule has 0 amide bonds. The number of benzene rings is 3. The number of nitrogens with one attached hydrogen (secondary N) is 1. The van der Waals surface area contributed by atoms with Crippen molar-refractivity contribution in [2.75, 3.05) is 0 Å². The van der Waals surface area contributed by atoms with Crippen LogP contribution in [-0.4, -0.2) is 19.8 Å². The van der Waals surface area contributed by atoms with Crippen LogP contribution in [0, 0.1) is 15.5 Å². The first-order valence-electron chi connectivity index (χ1n) is 10.7. The Labute approximate surface area is 208 Å². The van der Waals surface area contributed by atoms with Gasteiger partial charge in [0.05, 0.1) is 29.0 Å². The summed E-state index contributed by atoms with van der Waals surface area (Å²) in [5.74, 6) is -0.208. The van der Waals surface area contributed by atoms with E-state index in [2.05, 4.69) is 45.0 Å². The average Bonchev–Trinajstić information content (AvgIpc) is 3.05. The average molecular weight is 523 g/mol. The van der Waals surface area contributed by atoms with Crippen LogP contribution in [0.25, 0.3) is 11.0 Å². The molecule has 4 aromatic rings. The molecular weight excluding hydrogens is 496 g/mol. The summed E-state index contributed by atoms with van der Waals surface area (Å²) in [7, 11) is 0. The summed E-state index contributed by atoms with van der Waals surface area (Å²) in [6, 6.07) is 21.6. The highest BCUT2D eigenvalue weighted by Crippen LogP contribution is 2.23. The van der Waals surface area contributed by atoms with Gasteiger partial charge in [-0.1, -0.05) is 57.2 Å². The molecule has 0 aliphatic carbocycles. The Kier molecular flexibility index (Phi) is 7.21. The smallest absolute Gasteiger partial charge is 0.269 e. The highest BCUT2D eigenvalue weighted by Gasteiger charge is 2.17. The molecule has 0 aliphatic heterocycles.